The van der Waals surface area contributed by atoms with Gasteiger partial charge in [0.1, 0.15) is 0 Å². The third kappa shape index (κ3) is 6.26. The molecule has 9 rings (SSSR count). The molecule has 0 aromatic heterocycles. The van der Waals surface area contributed by atoms with E-state index in [0.29, 0.717) is 22.3 Å². The Morgan fingerprint density at radius 2 is 0.500 bits per heavy atom. The van der Waals surface area contributed by atoms with Crippen LogP contribution >= 0.6 is 0 Å². The maximum Gasteiger partial charge on any atom is 0.195 e. The average Bonchev–Trinajstić information content (AvgIpc) is 3.78. The van der Waals surface area contributed by atoms with Crippen LogP contribution in [-0.4, -0.2) is 11.6 Å². The van der Waals surface area contributed by atoms with E-state index in [0.717, 1.165) is 77.9 Å². The number of Topliss-reactive ketones (excluding diaryl/α,β-unsaturated/α-hetero) is 2. The fraction of sp³-hybridized carbons (Fsp3) is 0. The molecule has 0 heterocycles. The highest BCUT2D eigenvalue weighted by atomic mass is 16.1. The maximum absolute atomic E-state index is 14.9. The molecule has 0 spiro atoms. The third-order valence-electron chi connectivity index (χ3n) is 10.8. The van der Waals surface area contributed by atoms with Gasteiger partial charge in [-0.1, -0.05) is 182 Å². The van der Waals surface area contributed by atoms with Crippen molar-refractivity contribution in [1.29, 1.82) is 0 Å². The third-order valence-corrected chi connectivity index (χ3v) is 10.8. The first kappa shape index (κ1) is 35.6. The number of carbonyl (C=O) groups is 2. The molecule has 0 saturated heterocycles. The van der Waals surface area contributed by atoms with E-state index < -0.39 is 0 Å². The van der Waals surface area contributed by atoms with Crippen LogP contribution in [0.2, 0.25) is 0 Å². The van der Waals surface area contributed by atoms with Gasteiger partial charge in [0.15, 0.2) is 11.6 Å². The van der Waals surface area contributed by atoms with Crippen molar-refractivity contribution in [1.82, 2.24) is 0 Å². The normalized spacial score (nSPS) is 14.0. The fourth-order valence-electron chi connectivity index (χ4n) is 8.21. The van der Waals surface area contributed by atoms with Gasteiger partial charge in [0.2, 0.25) is 0 Å². The SMILES string of the molecule is C#Cc1cccc(C2=C(c3ccccc3)C(=O)C(c3ccccc3)=C2c2ccc(C3=C(c4ccccc4)C(=O)C(c4ccccc4)=C3c3cccc(C#C)c3)cc2)c1. The first-order chi connectivity index (χ1) is 28.6. The average molecular weight is 739 g/mol. The molecule has 0 amide bonds. The molecule has 0 unspecified atom stereocenters. The standard InChI is InChI=1S/C56H34O2/c1-3-37-19-17-29-45(35-37)49-47(51(39-21-9-5-10-22-39)55(57)53(49)41-25-13-7-14-26-41)43-31-33-44(34-32-43)48-50(46-30-18-20-38(4-2)36-46)54(42-27-15-8-16-28-42)56(58)52(48)40-23-11-6-12-24-40/h1-2,5-36H. The van der Waals surface area contributed by atoms with Gasteiger partial charge in [-0.2, -0.15) is 0 Å². The summed E-state index contributed by atoms with van der Waals surface area (Å²) in [4.78, 5) is 29.9. The summed E-state index contributed by atoms with van der Waals surface area (Å²) in [6.45, 7) is 0. The molecule has 2 heteroatoms. The minimum absolute atomic E-state index is 0.0563. The summed E-state index contributed by atoms with van der Waals surface area (Å²) in [6, 6.07) is 63.2. The second-order valence-electron chi connectivity index (χ2n) is 14.1. The van der Waals surface area contributed by atoms with E-state index in [1.807, 2.05) is 170 Å². The van der Waals surface area contributed by atoms with Crippen LogP contribution < -0.4 is 0 Å². The summed E-state index contributed by atoms with van der Waals surface area (Å²) < 4.78 is 0. The Hall–Kier alpha value is -8.04. The van der Waals surface area contributed by atoms with Gasteiger partial charge < -0.3 is 0 Å². The van der Waals surface area contributed by atoms with Crippen LogP contribution in [0, 0.1) is 24.7 Å². The summed E-state index contributed by atoms with van der Waals surface area (Å²) in [5, 5.41) is 0. The molecule has 2 aliphatic carbocycles. The monoisotopic (exact) mass is 738 g/mol. The van der Waals surface area contributed by atoms with Gasteiger partial charge in [-0.25, -0.2) is 0 Å². The highest BCUT2D eigenvalue weighted by Gasteiger charge is 2.37. The van der Waals surface area contributed by atoms with Crippen LogP contribution in [0.3, 0.4) is 0 Å². The van der Waals surface area contributed by atoms with E-state index >= 15 is 0 Å². The van der Waals surface area contributed by atoms with Gasteiger partial charge in [0.25, 0.3) is 0 Å². The molecule has 7 aromatic rings. The Balaban J connectivity index is 1.31. The van der Waals surface area contributed by atoms with Gasteiger partial charge in [-0.15, -0.1) is 12.8 Å². The number of carbonyl (C=O) groups excluding carboxylic acids is 2. The van der Waals surface area contributed by atoms with Crippen LogP contribution in [0.5, 0.6) is 0 Å². The van der Waals surface area contributed by atoms with E-state index in [4.69, 9.17) is 12.8 Å². The first-order valence-electron chi connectivity index (χ1n) is 19.1. The number of hydrogen-bond donors (Lipinski definition) is 0. The molecular formula is C56H34O2. The second kappa shape index (κ2) is 15.2. The van der Waals surface area contributed by atoms with Crippen LogP contribution in [0.1, 0.15) is 55.6 Å². The van der Waals surface area contributed by atoms with E-state index in [1.165, 1.54) is 0 Å². The highest BCUT2D eigenvalue weighted by Crippen LogP contribution is 2.52. The minimum atomic E-state index is -0.0563. The molecule has 0 atom stereocenters. The molecule has 0 saturated carbocycles. The van der Waals surface area contributed by atoms with Crippen molar-refractivity contribution in [2.75, 3.05) is 0 Å². The predicted molar refractivity (Wildman–Crippen MR) is 238 cm³/mol. The molecule has 0 N–H and O–H groups in total. The lowest BCUT2D eigenvalue weighted by atomic mass is 9.86. The number of ketones is 2. The van der Waals surface area contributed by atoms with E-state index in [-0.39, 0.29) is 11.6 Å². The zero-order chi connectivity index (χ0) is 39.6. The van der Waals surface area contributed by atoms with Crippen molar-refractivity contribution in [3.63, 3.8) is 0 Å². The van der Waals surface area contributed by atoms with Crippen LogP contribution in [0.25, 0.3) is 44.6 Å². The Labute approximate surface area is 338 Å². The molecule has 2 aliphatic rings. The predicted octanol–water partition coefficient (Wildman–Crippen LogP) is 11.9. The van der Waals surface area contributed by atoms with E-state index in [2.05, 4.69) is 36.1 Å². The van der Waals surface area contributed by atoms with Crippen LogP contribution in [0.4, 0.5) is 0 Å². The second-order valence-corrected chi connectivity index (χ2v) is 14.1. The van der Waals surface area contributed by atoms with Gasteiger partial charge >= 0.3 is 0 Å². The molecule has 0 aliphatic heterocycles. The summed E-state index contributed by atoms with van der Waals surface area (Å²) in [5.41, 5.74) is 13.9. The van der Waals surface area contributed by atoms with E-state index in [1.54, 1.807) is 0 Å². The van der Waals surface area contributed by atoms with Gasteiger partial charge in [0, 0.05) is 55.7 Å². The van der Waals surface area contributed by atoms with Crippen molar-refractivity contribution in [3.8, 4) is 24.7 Å². The Bertz CT molecular complexity index is 2770. The first-order valence-corrected chi connectivity index (χ1v) is 19.1. The summed E-state index contributed by atoms with van der Waals surface area (Å²) in [6.07, 6.45) is 11.8. The van der Waals surface area contributed by atoms with Crippen molar-refractivity contribution < 1.29 is 9.59 Å². The quantitative estimate of drug-likeness (QED) is 0.146. The summed E-state index contributed by atoms with van der Waals surface area (Å²) in [5.74, 6) is 5.45. The smallest absolute Gasteiger partial charge is 0.195 e. The van der Waals surface area contributed by atoms with Crippen molar-refractivity contribution in [2.24, 2.45) is 0 Å². The molecule has 0 fully saturated rings. The molecule has 270 valence electrons. The van der Waals surface area contributed by atoms with Gasteiger partial charge in [0.05, 0.1) is 0 Å². The number of benzene rings is 7. The molecule has 0 radical (unpaired) electrons. The molecule has 2 nitrogen and oxygen atoms in total. The number of allylic oxidation sites excluding steroid dienone is 8. The van der Waals surface area contributed by atoms with Crippen molar-refractivity contribution in [3.05, 3.63) is 250 Å². The number of hydrogen-bond acceptors (Lipinski definition) is 2. The Kier molecular flexibility index (Phi) is 9.37. The molecule has 7 aromatic carbocycles. The minimum Gasteiger partial charge on any atom is -0.289 e. The number of terminal acetylenes is 2. The largest absolute Gasteiger partial charge is 0.289 e. The Morgan fingerprint density at radius 3 is 0.776 bits per heavy atom. The van der Waals surface area contributed by atoms with Crippen molar-refractivity contribution >= 4 is 56.2 Å². The fourth-order valence-corrected chi connectivity index (χ4v) is 8.21. The summed E-state index contributed by atoms with van der Waals surface area (Å²) >= 11 is 0. The zero-order valence-corrected chi connectivity index (χ0v) is 31.4. The van der Waals surface area contributed by atoms with Crippen LogP contribution in [0.15, 0.2) is 194 Å². The maximum atomic E-state index is 14.9. The topological polar surface area (TPSA) is 34.1 Å². The Morgan fingerprint density at radius 1 is 0.259 bits per heavy atom. The van der Waals surface area contributed by atoms with Crippen LogP contribution in [-0.2, 0) is 9.59 Å². The van der Waals surface area contributed by atoms with Gasteiger partial charge in [-0.3, -0.25) is 9.59 Å². The molecule has 58 heavy (non-hydrogen) atoms. The zero-order valence-electron chi connectivity index (χ0n) is 31.4. The lowest BCUT2D eigenvalue weighted by Gasteiger charge is -2.17. The van der Waals surface area contributed by atoms with Crippen molar-refractivity contribution in [2.45, 2.75) is 0 Å². The highest BCUT2D eigenvalue weighted by molar-refractivity contribution is 6.60. The summed E-state index contributed by atoms with van der Waals surface area (Å²) in [7, 11) is 0. The lowest BCUT2D eigenvalue weighted by Crippen LogP contribution is -2.02. The molecule has 0 bridgehead atoms. The van der Waals surface area contributed by atoms with Gasteiger partial charge in [-0.05, 0) is 68.8 Å². The molecular weight excluding hydrogens is 705 g/mol. The van der Waals surface area contributed by atoms with E-state index in [9.17, 15) is 9.59 Å². The number of rotatable bonds is 8. The lowest BCUT2D eigenvalue weighted by molar-refractivity contribution is -0.109.